The van der Waals surface area contributed by atoms with Crippen molar-refractivity contribution in [3.05, 3.63) is 0 Å². The standard InChI is InChI=1S/C12H26N2O2/c1-12(2,3)14-11(16)10-13-8-6-4-5-7-9-15/h13,15H,4-10H2,1-3H3,(H,14,16). The van der Waals surface area contributed by atoms with Gasteiger partial charge in [0.05, 0.1) is 6.54 Å². The monoisotopic (exact) mass is 230 g/mol. The van der Waals surface area contributed by atoms with Gasteiger partial charge in [-0.3, -0.25) is 4.79 Å². The highest BCUT2D eigenvalue weighted by Gasteiger charge is 2.12. The zero-order chi connectivity index (χ0) is 12.4. The minimum absolute atomic E-state index is 0.0443. The molecule has 0 rings (SSSR count). The van der Waals surface area contributed by atoms with Crippen molar-refractivity contribution in [1.29, 1.82) is 0 Å². The molecule has 0 aliphatic carbocycles. The number of nitrogens with one attached hydrogen (secondary N) is 2. The number of hydrogen-bond donors (Lipinski definition) is 3. The molecule has 4 nitrogen and oxygen atoms in total. The molecule has 0 aromatic rings. The van der Waals surface area contributed by atoms with Gasteiger partial charge in [-0.2, -0.15) is 0 Å². The molecule has 0 spiro atoms. The normalized spacial score (nSPS) is 11.5. The summed E-state index contributed by atoms with van der Waals surface area (Å²) in [5.74, 6) is 0.0443. The maximum absolute atomic E-state index is 11.4. The lowest BCUT2D eigenvalue weighted by atomic mass is 10.1. The Morgan fingerprint density at radius 1 is 1.12 bits per heavy atom. The van der Waals surface area contributed by atoms with E-state index < -0.39 is 0 Å². The first-order valence-corrected chi connectivity index (χ1v) is 6.08. The van der Waals surface area contributed by atoms with E-state index in [4.69, 9.17) is 5.11 Å². The summed E-state index contributed by atoms with van der Waals surface area (Å²) in [5, 5.41) is 14.6. The molecule has 0 aliphatic heterocycles. The first kappa shape index (κ1) is 15.4. The summed E-state index contributed by atoms with van der Waals surface area (Å²) in [6.07, 6.45) is 4.11. The molecule has 3 N–H and O–H groups in total. The Labute approximate surface area is 98.8 Å². The van der Waals surface area contributed by atoms with Gasteiger partial charge in [0, 0.05) is 12.1 Å². The van der Waals surface area contributed by atoms with Gasteiger partial charge in [0.25, 0.3) is 0 Å². The summed E-state index contributed by atoms with van der Waals surface area (Å²) in [7, 11) is 0. The van der Waals surface area contributed by atoms with Gasteiger partial charge in [-0.1, -0.05) is 12.8 Å². The van der Waals surface area contributed by atoms with Crippen LogP contribution in [0.1, 0.15) is 46.5 Å². The van der Waals surface area contributed by atoms with E-state index in [-0.39, 0.29) is 18.1 Å². The Morgan fingerprint density at radius 3 is 2.31 bits per heavy atom. The lowest BCUT2D eigenvalue weighted by molar-refractivity contribution is -0.121. The summed E-state index contributed by atoms with van der Waals surface area (Å²) >= 11 is 0. The fraction of sp³-hybridized carbons (Fsp3) is 0.917. The van der Waals surface area contributed by atoms with Crippen LogP contribution in [0.2, 0.25) is 0 Å². The molecule has 0 atom stereocenters. The van der Waals surface area contributed by atoms with Gasteiger partial charge in [-0.25, -0.2) is 0 Å². The summed E-state index contributed by atoms with van der Waals surface area (Å²) in [6, 6.07) is 0. The second kappa shape index (κ2) is 8.53. The number of aliphatic hydroxyl groups is 1. The highest BCUT2D eigenvalue weighted by Crippen LogP contribution is 1.98. The van der Waals surface area contributed by atoms with Crippen LogP contribution in [0.4, 0.5) is 0 Å². The molecule has 0 radical (unpaired) electrons. The minimum atomic E-state index is -0.153. The summed E-state index contributed by atoms with van der Waals surface area (Å²) in [6.45, 7) is 7.45. The zero-order valence-corrected chi connectivity index (χ0v) is 10.8. The SMILES string of the molecule is CC(C)(C)NC(=O)CNCCCCCCO. The van der Waals surface area contributed by atoms with Crippen molar-refractivity contribution in [2.45, 2.75) is 52.0 Å². The van der Waals surface area contributed by atoms with Crippen LogP contribution in [0.25, 0.3) is 0 Å². The second-order valence-electron chi connectivity index (χ2n) is 5.11. The molecular weight excluding hydrogens is 204 g/mol. The van der Waals surface area contributed by atoms with E-state index in [1.165, 1.54) is 0 Å². The minimum Gasteiger partial charge on any atom is -0.396 e. The topological polar surface area (TPSA) is 61.4 Å². The highest BCUT2D eigenvalue weighted by atomic mass is 16.2. The van der Waals surface area contributed by atoms with E-state index in [0.29, 0.717) is 6.54 Å². The Morgan fingerprint density at radius 2 is 1.75 bits per heavy atom. The van der Waals surface area contributed by atoms with Crippen LogP contribution in [-0.2, 0) is 4.79 Å². The molecule has 0 heterocycles. The molecule has 4 heteroatoms. The van der Waals surface area contributed by atoms with Gasteiger partial charge < -0.3 is 15.7 Å². The molecule has 0 aromatic carbocycles. The zero-order valence-electron chi connectivity index (χ0n) is 10.8. The fourth-order valence-electron chi connectivity index (χ4n) is 1.38. The van der Waals surface area contributed by atoms with Gasteiger partial charge in [0.2, 0.25) is 5.91 Å². The van der Waals surface area contributed by atoms with Crippen molar-refractivity contribution in [2.24, 2.45) is 0 Å². The molecule has 0 aromatic heterocycles. The number of hydrogen-bond acceptors (Lipinski definition) is 3. The number of aliphatic hydroxyl groups excluding tert-OH is 1. The average molecular weight is 230 g/mol. The van der Waals surface area contributed by atoms with Crippen LogP contribution >= 0.6 is 0 Å². The van der Waals surface area contributed by atoms with Crippen molar-refractivity contribution in [3.63, 3.8) is 0 Å². The molecule has 16 heavy (non-hydrogen) atoms. The third-order valence-corrected chi connectivity index (χ3v) is 2.06. The van der Waals surface area contributed by atoms with Crippen LogP contribution in [0.3, 0.4) is 0 Å². The van der Waals surface area contributed by atoms with E-state index in [1.54, 1.807) is 0 Å². The van der Waals surface area contributed by atoms with Crippen molar-refractivity contribution >= 4 is 5.91 Å². The van der Waals surface area contributed by atoms with Crippen LogP contribution < -0.4 is 10.6 Å². The molecule has 0 aliphatic rings. The Hall–Kier alpha value is -0.610. The predicted molar refractivity (Wildman–Crippen MR) is 66.3 cm³/mol. The summed E-state index contributed by atoms with van der Waals surface area (Å²) in [4.78, 5) is 11.4. The Kier molecular flexibility index (Phi) is 8.21. The van der Waals surface area contributed by atoms with E-state index >= 15 is 0 Å². The molecule has 0 saturated carbocycles. The molecule has 0 fully saturated rings. The smallest absolute Gasteiger partial charge is 0.234 e. The molecule has 0 saturated heterocycles. The Balaban J connectivity index is 3.28. The maximum atomic E-state index is 11.4. The Bertz CT molecular complexity index is 188. The third-order valence-electron chi connectivity index (χ3n) is 2.06. The molecular formula is C12H26N2O2. The van der Waals surface area contributed by atoms with E-state index in [2.05, 4.69) is 10.6 Å². The quantitative estimate of drug-likeness (QED) is 0.546. The van der Waals surface area contributed by atoms with E-state index in [9.17, 15) is 4.79 Å². The molecule has 0 bridgehead atoms. The van der Waals surface area contributed by atoms with Gasteiger partial charge >= 0.3 is 0 Å². The number of rotatable bonds is 8. The van der Waals surface area contributed by atoms with Crippen LogP contribution in [0.5, 0.6) is 0 Å². The number of carbonyl (C=O) groups is 1. The lowest BCUT2D eigenvalue weighted by Gasteiger charge is -2.20. The number of amides is 1. The van der Waals surface area contributed by atoms with Crippen molar-refractivity contribution < 1.29 is 9.90 Å². The third kappa shape index (κ3) is 11.5. The number of unbranched alkanes of at least 4 members (excludes halogenated alkanes) is 3. The predicted octanol–water partition coefficient (Wildman–Crippen LogP) is 1.04. The van der Waals surface area contributed by atoms with Crippen molar-refractivity contribution in [2.75, 3.05) is 19.7 Å². The van der Waals surface area contributed by atoms with E-state index in [0.717, 1.165) is 32.2 Å². The second-order valence-corrected chi connectivity index (χ2v) is 5.11. The summed E-state index contributed by atoms with van der Waals surface area (Å²) < 4.78 is 0. The highest BCUT2D eigenvalue weighted by molar-refractivity contribution is 5.78. The van der Waals surface area contributed by atoms with Crippen LogP contribution in [0.15, 0.2) is 0 Å². The van der Waals surface area contributed by atoms with Crippen LogP contribution in [-0.4, -0.2) is 36.2 Å². The molecule has 1 amide bonds. The number of carbonyl (C=O) groups excluding carboxylic acids is 1. The van der Waals surface area contributed by atoms with Gasteiger partial charge in [-0.05, 0) is 40.2 Å². The van der Waals surface area contributed by atoms with Gasteiger partial charge in [-0.15, -0.1) is 0 Å². The van der Waals surface area contributed by atoms with E-state index in [1.807, 2.05) is 20.8 Å². The summed E-state index contributed by atoms with van der Waals surface area (Å²) in [5.41, 5.74) is -0.153. The van der Waals surface area contributed by atoms with Crippen LogP contribution in [0, 0.1) is 0 Å². The first-order valence-electron chi connectivity index (χ1n) is 6.08. The van der Waals surface area contributed by atoms with Gasteiger partial charge in [0.15, 0.2) is 0 Å². The molecule has 96 valence electrons. The lowest BCUT2D eigenvalue weighted by Crippen LogP contribution is -2.44. The fourth-order valence-corrected chi connectivity index (χ4v) is 1.38. The van der Waals surface area contributed by atoms with Crippen molar-refractivity contribution in [1.82, 2.24) is 10.6 Å². The average Bonchev–Trinajstić information content (AvgIpc) is 2.13. The van der Waals surface area contributed by atoms with Crippen molar-refractivity contribution in [3.8, 4) is 0 Å². The van der Waals surface area contributed by atoms with Gasteiger partial charge in [0.1, 0.15) is 0 Å². The first-order chi connectivity index (χ1) is 7.45. The largest absolute Gasteiger partial charge is 0.396 e. The maximum Gasteiger partial charge on any atom is 0.234 e. The molecule has 0 unspecified atom stereocenters.